The first-order valence-corrected chi connectivity index (χ1v) is 40.4. The van der Waals surface area contributed by atoms with Gasteiger partial charge in [-0.05, 0) is 125 Å². The van der Waals surface area contributed by atoms with Crippen molar-refractivity contribution in [3.63, 3.8) is 0 Å². The summed E-state index contributed by atoms with van der Waals surface area (Å²) in [5.41, 5.74) is 6.31. The summed E-state index contributed by atoms with van der Waals surface area (Å²) in [6.07, 6.45) is -0.130. The highest BCUT2D eigenvalue weighted by molar-refractivity contribution is 6.06. The van der Waals surface area contributed by atoms with Gasteiger partial charge in [0.1, 0.15) is 23.3 Å². The monoisotopic (exact) mass is 1750 g/mol. The number of aryl methyl sites for hydroxylation is 1. The Hall–Kier alpha value is -11.4. The quantitative estimate of drug-likeness (QED) is 0.125. The minimum Gasteiger partial charge on any atom is -0.375 e. The molecule has 0 unspecified atom stereocenters. The van der Waals surface area contributed by atoms with Gasteiger partial charge >= 0.3 is 42.7 Å². The van der Waals surface area contributed by atoms with E-state index in [0.29, 0.717) is 98.2 Å². The van der Waals surface area contributed by atoms with Gasteiger partial charge in [-0.15, -0.1) is 24.8 Å². The number of morpholine rings is 3. The van der Waals surface area contributed by atoms with Crippen LogP contribution in [0.15, 0.2) is 128 Å². The Morgan fingerprint density at radius 1 is 0.407 bits per heavy atom. The molecule has 20 heterocycles. The van der Waals surface area contributed by atoms with Gasteiger partial charge in [0.25, 0.3) is 0 Å². The second-order valence-corrected chi connectivity index (χ2v) is 31.4. The van der Waals surface area contributed by atoms with Crippen molar-refractivity contribution in [2.24, 2.45) is 5.92 Å². The van der Waals surface area contributed by atoms with Crippen LogP contribution in [0.3, 0.4) is 0 Å². The summed E-state index contributed by atoms with van der Waals surface area (Å²) in [5, 5.41) is 8.29. The third-order valence-corrected chi connectivity index (χ3v) is 23.5. The maximum Gasteiger partial charge on any atom is 0.416 e. The third-order valence-electron chi connectivity index (χ3n) is 23.5. The van der Waals surface area contributed by atoms with Crippen molar-refractivity contribution in [3.8, 4) is 11.3 Å². The molecule has 8 aromatic heterocycles. The third kappa shape index (κ3) is 18.6. The molecule has 12 aliphatic rings. The summed E-state index contributed by atoms with van der Waals surface area (Å²) in [6.45, 7) is 12.2. The number of aromatic nitrogens is 10. The number of carbonyl (C=O) groups is 4. The number of pyridine rings is 6. The summed E-state index contributed by atoms with van der Waals surface area (Å²) in [6, 6.07) is 23.0. The van der Waals surface area contributed by atoms with Crippen LogP contribution < -0.4 is 69.8 Å². The summed E-state index contributed by atoms with van der Waals surface area (Å²) < 4.78 is 134. The lowest BCUT2D eigenvalue weighted by atomic mass is 10.00. The molecule has 0 saturated carbocycles. The number of piperidine rings is 1. The molecule has 12 aliphatic heterocycles. The fraction of sp³-hybridized carbons (Fsp3) is 0.475. The second-order valence-electron chi connectivity index (χ2n) is 31.4. The number of anilines is 14. The molecule has 43 heteroatoms. The number of hydrogen-bond acceptors (Lipinski definition) is 24. The van der Waals surface area contributed by atoms with Gasteiger partial charge in [0.2, 0.25) is 0 Å². The van der Waals surface area contributed by atoms with E-state index in [-0.39, 0.29) is 120 Å². The van der Waals surface area contributed by atoms with Gasteiger partial charge in [0, 0.05) is 140 Å². The van der Waals surface area contributed by atoms with E-state index in [1.54, 1.807) is 78.2 Å². The number of halogens is 11. The SMILES string of the molecule is Cc1cc(-c2ccc3c(n2)N(C(=O)N2CCO[C@H](C)C2)[C@H]2CCN3C2)ccn1.Cl.Cl.O=C(Nc1ccccn1)N1c2nc(N3CC[C@H](C(F)(F)F)C3)ccc2N2CCC[C@H]1C2.O=C(Nc1cnccn1)N1c2nc(N3CCO[C@H](C(F)(F)F)C3)ccc2N2CC[C@H]1C2.O=C(Nc1cnccn1)N1c2nc(N3CCO[C@H](C(F)(F)F)C3)ccc2N2CC[C@H]1C2. The minimum atomic E-state index is -4.44. The first kappa shape index (κ1) is 86.5. The van der Waals surface area contributed by atoms with E-state index in [4.69, 9.17) is 24.2 Å². The zero-order valence-electron chi connectivity index (χ0n) is 66.8. The smallest absolute Gasteiger partial charge is 0.375 e. The summed E-state index contributed by atoms with van der Waals surface area (Å²) >= 11 is 0. The molecule has 32 nitrogen and oxygen atoms in total. The molecule has 3 N–H and O–H groups in total. The van der Waals surface area contributed by atoms with Gasteiger partial charge in [-0.3, -0.25) is 50.5 Å². The van der Waals surface area contributed by atoms with Gasteiger partial charge in [-0.1, -0.05) is 6.07 Å². The number of nitrogens with one attached hydrogen (secondary N) is 3. The van der Waals surface area contributed by atoms with E-state index < -0.39 is 48.7 Å². The van der Waals surface area contributed by atoms with E-state index in [0.717, 1.165) is 110 Å². The number of ether oxygens (including phenoxy) is 3. The molecule has 0 spiro atoms. The Morgan fingerprint density at radius 3 is 1.31 bits per heavy atom. The molecule has 8 saturated heterocycles. The Kier molecular flexibility index (Phi) is 25.4. The zero-order chi connectivity index (χ0) is 84.0. The van der Waals surface area contributed by atoms with E-state index in [2.05, 4.69) is 81.5 Å². The molecule has 654 valence electrons. The van der Waals surface area contributed by atoms with Crippen molar-refractivity contribution in [1.82, 2.24) is 54.7 Å². The summed E-state index contributed by atoms with van der Waals surface area (Å²) in [7, 11) is 0. The van der Waals surface area contributed by atoms with Crippen LogP contribution in [0.1, 0.15) is 51.1 Å². The fourth-order valence-corrected chi connectivity index (χ4v) is 17.6. The van der Waals surface area contributed by atoms with E-state index in [9.17, 15) is 58.7 Å². The number of hydrogen-bond donors (Lipinski definition) is 3. The number of fused-ring (bicyclic) bond motifs is 16. The molecule has 8 bridgehead atoms. The lowest BCUT2D eigenvalue weighted by Gasteiger charge is -2.46. The van der Waals surface area contributed by atoms with Crippen molar-refractivity contribution >= 4 is 130 Å². The average Bonchev–Trinajstić information content (AvgIpc) is 1.67. The molecule has 0 radical (unpaired) electrons. The highest BCUT2D eigenvalue weighted by Crippen LogP contribution is 2.47. The zero-order valence-corrected chi connectivity index (χ0v) is 68.5. The lowest BCUT2D eigenvalue weighted by molar-refractivity contribution is -0.221. The van der Waals surface area contributed by atoms with Crippen LogP contribution in [0, 0.1) is 12.8 Å². The Balaban J connectivity index is 0.000000127. The van der Waals surface area contributed by atoms with Crippen LogP contribution in [0.5, 0.6) is 0 Å². The molecule has 0 aliphatic carbocycles. The average molecular weight is 1760 g/mol. The van der Waals surface area contributed by atoms with Crippen LogP contribution in [0.2, 0.25) is 0 Å². The highest BCUT2D eigenvalue weighted by atomic mass is 35.5. The molecule has 0 aromatic carbocycles. The number of alkyl halides is 9. The van der Waals surface area contributed by atoms with Crippen molar-refractivity contribution in [3.05, 3.63) is 134 Å². The largest absolute Gasteiger partial charge is 0.416 e. The van der Waals surface area contributed by atoms with Gasteiger partial charge in [-0.25, -0.2) is 54.1 Å². The Labute approximate surface area is 713 Å². The summed E-state index contributed by atoms with van der Waals surface area (Å²) in [5.74, 6) is 3.11. The minimum absolute atomic E-state index is 0. The predicted molar refractivity (Wildman–Crippen MR) is 447 cm³/mol. The number of amides is 8. The van der Waals surface area contributed by atoms with E-state index >= 15 is 0 Å². The topological polar surface area (TPSA) is 300 Å². The predicted octanol–water partition coefficient (Wildman–Crippen LogP) is 12.0. The molecule has 123 heavy (non-hydrogen) atoms. The maximum atomic E-state index is 13.5. The summed E-state index contributed by atoms with van der Waals surface area (Å²) in [4.78, 5) is 119. The number of nitrogens with zero attached hydrogens (tertiary/aromatic N) is 22. The number of rotatable bonds is 7. The van der Waals surface area contributed by atoms with Gasteiger partial charge in [-0.2, -0.15) is 39.5 Å². The van der Waals surface area contributed by atoms with E-state index in [1.165, 1.54) is 37.2 Å². The Bertz CT molecular complexity index is 4940. The van der Waals surface area contributed by atoms with Crippen LogP contribution >= 0.6 is 24.8 Å². The van der Waals surface area contributed by atoms with Gasteiger partial charge < -0.3 is 53.4 Å². The molecule has 8 amide bonds. The Morgan fingerprint density at radius 2 is 0.854 bits per heavy atom. The fourth-order valence-electron chi connectivity index (χ4n) is 17.6. The van der Waals surface area contributed by atoms with Gasteiger partial charge in [0.15, 0.2) is 47.1 Å². The maximum absolute atomic E-state index is 13.5. The van der Waals surface area contributed by atoms with Crippen molar-refractivity contribution in [2.45, 2.75) is 113 Å². The molecule has 8 fully saturated rings. The molecular weight excluding hydrogens is 1660 g/mol. The molecule has 20 rings (SSSR count). The normalized spacial score (nSPS) is 22.8. The van der Waals surface area contributed by atoms with Crippen LogP contribution in [0.25, 0.3) is 11.3 Å². The van der Waals surface area contributed by atoms with E-state index in [1.807, 2.05) is 60.0 Å². The van der Waals surface area contributed by atoms with Crippen molar-refractivity contribution < 1.29 is 72.9 Å². The first-order chi connectivity index (χ1) is 58.3. The molecule has 8 aromatic rings. The van der Waals surface area contributed by atoms with Crippen molar-refractivity contribution in [1.29, 1.82) is 0 Å². The number of carbonyl (C=O) groups excluding carboxylic acids is 4. The first-order valence-electron chi connectivity index (χ1n) is 40.4. The standard InChI is InChI=1S/C21H23F3N6O.C21H25N5O2.2C19H20F3N7O2.2ClH/c22-21(23,24)14-8-11-29(12-14)18-7-6-16-19(27-18)30(15-4-3-10-28(16)13-15)20(31)26-17-5-1-2-9-25-17;1-14-11-16(5-7-22-14)18-3-4-19-20(23-18)26(17-6-8-24(19)13-17)21(27)25-9-10-28-15(2)12-25;2*20-19(21,22)14-11-28(7-8-31-14)16-2-1-13-17(26-16)29(12-3-6-27(13)10-12)18(30)25-15-9-23-4-5-24-15;;/h1-2,5-7,9,14-15H,3-4,8,10-13H2,(H,25,26,31);3-5,7,11,15,17H,6,8-10,12-13H2,1-2H3;2*1-2,4-5,9,12,14H,3,6-8,10-11H2,(H,24,25,30);2*1H/t14-,15-;15-,17+;2*12-,14-;;/m0100../s1. The van der Waals surface area contributed by atoms with Crippen LogP contribution in [0.4, 0.5) is 140 Å². The second kappa shape index (κ2) is 36.2. The molecule has 8 atom stereocenters. The van der Waals surface area contributed by atoms with Crippen molar-refractivity contribution in [2.75, 3.05) is 194 Å². The lowest BCUT2D eigenvalue weighted by Crippen LogP contribution is -2.56. The van der Waals surface area contributed by atoms with Gasteiger partial charge in [0.05, 0.1) is 110 Å². The highest BCUT2D eigenvalue weighted by Gasteiger charge is 2.50. The molecular formula is C80H90Cl2F9N25O7. The van der Waals surface area contributed by atoms with Crippen LogP contribution in [-0.2, 0) is 14.2 Å². The van der Waals surface area contributed by atoms with Crippen LogP contribution in [-0.4, -0.2) is 264 Å². The number of urea groups is 4.